The fraction of sp³-hybridized carbons (Fsp3) is 0.900. The minimum Gasteiger partial charge on any atom is -0.354 e. The van der Waals surface area contributed by atoms with Crippen molar-refractivity contribution in [3.05, 3.63) is 0 Å². The molecule has 78 valence electrons. The lowest BCUT2D eigenvalue weighted by Gasteiger charge is -2.15. The molecule has 0 heterocycles. The van der Waals surface area contributed by atoms with Crippen LogP contribution in [-0.2, 0) is 4.79 Å². The van der Waals surface area contributed by atoms with E-state index >= 15 is 0 Å². The topological polar surface area (TPSA) is 41.1 Å². The highest BCUT2D eigenvalue weighted by Gasteiger charge is 2.09. The summed E-state index contributed by atoms with van der Waals surface area (Å²) in [6.07, 6.45) is 1.56. The van der Waals surface area contributed by atoms with Crippen LogP contribution in [0.4, 0.5) is 0 Å². The molecule has 2 N–H and O–H groups in total. The summed E-state index contributed by atoms with van der Waals surface area (Å²) in [7, 11) is 0. The number of rotatable bonds is 6. The Morgan fingerprint density at radius 1 is 1.23 bits per heavy atom. The van der Waals surface area contributed by atoms with E-state index in [1.807, 2.05) is 20.8 Å². The Balaban J connectivity index is 3.61. The number of hydrogen-bond donors (Lipinski definition) is 2. The fourth-order valence-corrected chi connectivity index (χ4v) is 1.13. The SMILES string of the molecule is CCNC(C)CC(=O)NC(C)CC. The van der Waals surface area contributed by atoms with Gasteiger partial charge in [-0.2, -0.15) is 0 Å². The van der Waals surface area contributed by atoms with E-state index in [4.69, 9.17) is 0 Å². The van der Waals surface area contributed by atoms with E-state index in [0.717, 1.165) is 13.0 Å². The fourth-order valence-electron chi connectivity index (χ4n) is 1.13. The average molecular weight is 186 g/mol. The van der Waals surface area contributed by atoms with Crippen LogP contribution < -0.4 is 10.6 Å². The smallest absolute Gasteiger partial charge is 0.221 e. The van der Waals surface area contributed by atoms with Crippen LogP contribution in [0.1, 0.15) is 40.5 Å². The first kappa shape index (κ1) is 12.4. The second-order valence-electron chi connectivity index (χ2n) is 3.54. The van der Waals surface area contributed by atoms with Crippen molar-refractivity contribution < 1.29 is 4.79 Å². The normalized spacial score (nSPS) is 15.1. The van der Waals surface area contributed by atoms with Crippen LogP contribution in [0.15, 0.2) is 0 Å². The van der Waals surface area contributed by atoms with Gasteiger partial charge in [-0.05, 0) is 26.8 Å². The largest absolute Gasteiger partial charge is 0.354 e. The molecule has 0 aliphatic carbocycles. The van der Waals surface area contributed by atoms with Crippen LogP contribution in [0.25, 0.3) is 0 Å². The molecule has 0 fully saturated rings. The van der Waals surface area contributed by atoms with Crippen molar-refractivity contribution in [2.75, 3.05) is 6.54 Å². The van der Waals surface area contributed by atoms with Crippen molar-refractivity contribution in [2.24, 2.45) is 0 Å². The van der Waals surface area contributed by atoms with Crippen molar-refractivity contribution >= 4 is 5.91 Å². The lowest BCUT2D eigenvalue weighted by molar-refractivity contribution is -0.122. The molecule has 0 bridgehead atoms. The second-order valence-corrected chi connectivity index (χ2v) is 3.54. The van der Waals surface area contributed by atoms with E-state index in [0.29, 0.717) is 12.5 Å². The van der Waals surface area contributed by atoms with Crippen LogP contribution in [0.2, 0.25) is 0 Å². The predicted octanol–water partition coefficient (Wildman–Crippen LogP) is 1.29. The monoisotopic (exact) mass is 186 g/mol. The van der Waals surface area contributed by atoms with E-state index in [-0.39, 0.29) is 11.9 Å². The molecule has 0 saturated heterocycles. The van der Waals surface area contributed by atoms with Gasteiger partial charge >= 0.3 is 0 Å². The van der Waals surface area contributed by atoms with Gasteiger partial charge in [-0.25, -0.2) is 0 Å². The van der Waals surface area contributed by atoms with Gasteiger partial charge in [-0.15, -0.1) is 0 Å². The minimum absolute atomic E-state index is 0.141. The molecule has 0 saturated carbocycles. The molecular weight excluding hydrogens is 164 g/mol. The Labute approximate surface area is 81.3 Å². The van der Waals surface area contributed by atoms with Crippen LogP contribution in [0.5, 0.6) is 0 Å². The van der Waals surface area contributed by atoms with Gasteiger partial charge in [0.25, 0.3) is 0 Å². The Bertz CT molecular complexity index is 148. The Morgan fingerprint density at radius 3 is 2.31 bits per heavy atom. The van der Waals surface area contributed by atoms with Gasteiger partial charge in [0, 0.05) is 18.5 Å². The summed E-state index contributed by atoms with van der Waals surface area (Å²) < 4.78 is 0. The molecular formula is C10H22N2O. The maximum absolute atomic E-state index is 11.3. The van der Waals surface area contributed by atoms with Gasteiger partial charge in [0.1, 0.15) is 0 Å². The average Bonchev–Trinajstić information content (AvgIpc) is 2.04. The van der Waals surface area contributed by atoms with Crippen LogP contribution >= 0.6 is 0 Å². The van der Waals surface area contributed by atoms with Crippen molar-refractivity contribution in [3.8, 4) is 0 Å². The maximum atomic E-state index is 11.3. The molecule has 0 aromatic heterocycles. The molecule has 2 atom stereocenters. The second kappa shape index (κ2) is 6.89. The van der Waals surface area contributed by atoms with Gasteiger partial charge in [0.2, 0.25) is 5.91 Å². The summed E-state index contributed by atoms with van der Waals surface area (Å²) in [5.41, 5.74) is 0. The minimum atomic E-state index is 0.141. The van der Waals surface area contributed by atoms with E-state index in [9.17, 15) is 4.79 Å². The summed E-state index contributed by atoms with van der Waals surface area (Å²) in [4.78, 5) is 11.3. The van der Waals surface area contributed by atoms with Gasteiger partial charge < -0.3 is 10.6 Å². The Hall–Kier alpha value is -0.570. The first-order valence-electron chi connectivity index (χ1n) is 5.12. The zero-order valence-corrected chi connectivity index (χ0v) is 9.18. The highest BCUT2D eigenvalue weighted by molar-refractivity contribution is 5.76. The Morgan fingerprint density at radius 2 is 1.85 bits per heavy atom. The number of carbonyl (C=O) groups is 1. The molecule has 3 heteroatoms. The van der Waals surface area contributed by atoms with Crippen LogP contribution in [0, 0.1) is 0 Å². The molecule has 0 aliphatic heterocycles. The zero-order chi connectivity index (χ0) is 10.3. The number of amides is 1. The maximum Gasteiger partial charge on any atom is 0.221 e. The third-order valence-corrected chi connectivity index (χ3v) is 2.06. The highest BCUT2D eigenvalue weighted by Crippen LogP contribution is 1.93. The molecule has 3 nitrogen and oxygen atoms in total. The zero-order valence-electron chi connectivity index (χ0n) is 9.18. The molecule has 0 rings (SSSR count). The standard InChI is InChI=1S/C10H22N2O/c1-5-8(3)12-10(13)7-9(4)11-6-2/h8-9,11H,5-7H2,1-4H3,(H,12,13). The summed E-state index contributed by atoms with van der Waals surface area (Å²) in [6, 6.07) is 0.565. The van der Waals surface area contributed by atoms with E-state index in [1.165, 1.54) is 0 Å². The third kappa shape index (κ3) is 6.58. The molecule has 1 amide bonds. The molecule has 0 aromatic carbocycles. The first-order chi connectivity index (χ1) is 6.10. The molecule has 0 spiro atoms. The summed E-state index contributed by atoms with van der Waals surface area (Å²) in [6.45, 7) is 9.08. The van der Waals surface area contributed by atoms with E-state index in [2.05, 4.69) is 17.6 Å². The van der Waals surface area contributed by atoms with Gasteiger partial charge in [-0.1, -0.05) is 13.8 Å². The Kier molecular flexibility index (Phi) is 6.59. The van der Waals surface area contributed by atoms with Crippen molar-refractivity contribution in [2.45, 2.75) is 52.6 Å². The quantitative estimate of drug-likeness (QED) is 0.656. The molecule has 13 heavy (non-hydrogen) atoms. The number of nitrogens with one attached hydrogen (secondary N) is 2. The highest BCUT2D eigenvalue weighted by atomic mass is 16.1. The molecule has 0 radical (unpaired) electrons. The lowest BCUT2D eigenvalue weighted by atomic mass is 10.2. The lowest BCUT2D eigenvalue weighted by Crippen LogP contribution is -2.37. The van der Waals surface area contributed by atoms with Crippen LogP contribution in [-0.4, -0.2) is 24.5 Å². The first-order valence-corrected chi connectivity index (χ1v) is 5.12. The summed E-state index contributed by atoms with van der Waals surface area (Å²) in [5.74, 6) is 0.141. The number of carbonyl (C=O) groups excluding carboxylic acids is 1. The summed E-state index contributed by atoms with van der Waals surface area (Å²) in [5, 5.41) is 6.15. The van der Waals surface area contributed by atoms with Gasteiger partial charge in [0.05, 0.1) is 0 Å². The summed E-state index contributed by atoms with van der Waals surface area (Å²) >= 11 is 0. The van der Waals surface area contributed by atoms with Crippen LogP contribution in [0.3, 0.4) is 0 Å². The van der Waals surface area contributed by atoms with E-state index in [1.54, 1.807) is 0 Å². The van der Waals surface area contributed by atoms with Gasteiger partial charge in [0.15, 0.2) is 0 Å². The van der Waals surface area contributed by atoms with Crippen molar-refractivity contribution in [1.29, 1.82) is 0 Å². The van der Waals surface area contributed by atoms with Crippen molar-refractivity contribution in [3.63, 3.8) is 0 Å². The van der Waals surface area contributed by atoms with Crippen molar-refractivity contribution in [1.82, 2.24) is 10.6 Å². The van der Waals surface area contributed by atoms with E-state index < -0.39 is 0 Å². The third-order valence-electron chi connectivity index (χ3n) is 2.06. The van der Waals surface area contributed by atoms with Gasteiger partial charge in [-0.3, -0.25) is 4.79 Å². The number of hydrogen-bond acceptors (Lipinski definition) is 2. The predicted molar refractivity (Wildman–Crippen MR) is 55.7 cm³/mol. The molecule has 0 aliphatic rings. The molecule has 0 aromatic rings. The molecule has 2 unspecified atom stereocenters.